The number of rotatable bonds is 6. The highest BCUT2D eigenvalue weighted by atomic mass is 32.1. The van der Waals surface area contributed by atoms with Crippen LogP contribution in [-0.2, 0) is 6.42 Å². The molecule has 0 bridgehead atoms. The summed E-state index contributed by atoms with van der Waals surface area (Å²) in [4.78, 5) is 0. The molecule has 3 heteroatoms. The summed E-state index contributed by atoms with van der Waals surface area (Å²) < 4.78 is 13.6. The first-order valence-corrected chi connectivity index (χ1v) is 7.65. The van der Waals surface area contributed by atoms with E-state index in [2.05, 4.69) is 35.1 Å². The van der Waals surface area contributed by atoms with Gasteiger partial charge < -0.3 is 5.32 Å². The average molecular weight is 277 g/mol. The number of benzene rings is 1. The van der Waals surface area contributed by atoms with Crippen molar-refractivity contribution < 1.29 is 4.39 Å². The van der Waals surface area contributed by atoms with Crippen LogP contribution in [0.5, 0.6) is 0 Å². The van der Waals surface area contributed by atoms with E-state index in [4.69, 9.17) is 0 Å². The fraction of sp³-hybridized carbons (Fsp3) is 0.375. The molecule has 1 aromatic heterocycles. The van der Waals surface area contributed by atoms with Crippen molar-refractivity contribution in [1.29, 1.82) is 0 Å². The van der Waals surface area contributed by atoms with Gasteiger partial charge in [-0.1, -0.05) is 13.0 Å². The Morgan fingerprint density at radius 1 is 1.32 bits per heavy atom. The van der Waals surface area contributed by atoms with E-state index in [1.54, 1.807) is 23.5 Å². The maximum absolute atomic E-state index is 13.6. The molecule has 0 aliphatic heterocycles. The second kappa shape index (κ2) is 6.83. The van der Waals surface area contributed by atoms with Crippen molar-refractivity contribution in [3.05, 3.63) is 57.5 Å². The zero-order valence-corrected chi connectivity index (χ0v) is 12.3. The van der Waals surface area contributed by atoms with Gasteiger partial charge >= 0.3 is 0 Å². The lowest BCUT2D eigenvalue weighted by Gasteiger charge is -2.19. The monoisotopic (exact) mass is 277 g/mol. The van der Waals surface area contributed by atoms with Crippen molar-refractivity contribution in [2.24, 2.45) is 0 Å². The summed E-state index contributed by atoms with van der Waals surface area (Å²) in [6.07, 6.45) is 1.99. The standard InChI is InChI=1S/C16H20FNS/c1-3-5-18-16(9-13-4-6-19-11-13)14-7-12(2)8-15(17)10-14/h4,6-8,10-11,16,18H,3,5,9H2,1-2H3. The van der Waals surface area contributed by atoms with Gasteiger partial charge in [-0.05, 0) is 72.0 Å². The van der Waals surface area contributed by atoms with Crippen molar-refractivity contribution >= 4 is 11.3 Å². The van der Waals surface area contributed by atoms with E-state index in [0.29, 0.717) is 0 Å². The van der Waals surface area contributed by atoms with Gasteiger partial charge in [0.05, 0.1) is 0 Å². The fourth-order valence-corrected chi connectivity index (χ4v) is 2.92. The largest absolute Gasteiger partial charge is 0.310 e. The van der Waals surface area contributed by atoms with Crippen LogP contribution in [-0.4, -0.2) is 6.54 Å². The van der Waals surface area contributed by atoms with Crippen molar-refractivity contribution in [2.75, 3.05) is 6.54 Å². The Morgan fingerprint density at radius 2 is 2.16 bits per heavy atom. The van der Waals surface area contributed by atoms with Crippen molar-refractivity contribution in [3.63, 3.8) is 0 Å². The van der Waals surface area contributed by atoms with Crippen LogP contribution in [0.2, 0.25) is 0 Å². The van der Waals surface area contributed by atoms with Crippen molar-refractivity contribution in [1.82, 2.24) is 5.32 Å². The van der Waals surface area contributed by atoms with Gasteiger partial charge in [-0.2, -0.15) is 11.3 Å². The minimum atomic E-state index is -0.149. The first-order chi connectivity index (χ1) is 9.19. The van der Waals surface area contributed by atoms with Gasteiger partial charge in [0, 0.05) is 6.04 Å². The Labute approximate surface area is 118 Å². The van der Waals surface area contributed by atoms with Crippen LogP contribution >= 0.6 is 11.3 Å². The summed E-state index contributed by atoms with van der Waals surface area (Å²) >= 11 is 1.71. The van der Waals surface area contributed by atoms with Gasteiger partial charge in [-0.15, -0.1) is 0 Å². The molecule has 2 rings (SSSR count). The fourth-order valence-electron chi connectivity index (χ4n) is 2.24. The van der Waals surface area contributed by atoms with Gasteiger partial charge in [0.15, 0.2) is 0 Å². The highest BCUT2D eigenvalue weighted by Gasteiger charge is 2.13. The molecule has 0 fully saturated rings. The van der Waals surface area contributed by atoms with Crippen LogP contribution < -0.4 is 5.32 Å². The predicted molar refractivity (Wildman–Crippen MR) is 80.2 cm³/mol. The lowest BCUT2D eigenvalue weighted by molar-refractivity contribution is 0.524. The van der Waals surface area contributed by atoms with Crippen LogP contribution in [0.4, 0.5) is 4.39 Å². The second-order valence-corrected chi connectivity index (χ2v) is 5.68. The molecule has 1 heterocycles. The summed E-state index contributed by atoms with van der Waals surface area (Å²) in [5.74, 6) is -0.149. The molecular weight excluding hydrogens is 257 g/mol. The molecule has 0 aliphatic rings. The molecule has 1 N–H and O–H groups in total. The molecule has 19 heavy (non-hydrogen) atoms. The van der Waals surface area contributed by atoms with Gasteiger partial charge in [-0.3, -0.25) is 0 Å². The zero-order chi connectivity index (χ0) is 13.7. The third kappa shape index (κ3) is 4.15. The van der Waals surface area contributed by atoms with E-state index in [-0.39, 0.29) is 11.9 Å². The third-order valence-corrected chi connectivity index (χ3v) is 3.86. The molecule has 2 aromatic rings. The van der Waals surface area contributed by atoms with Gasteiger partial charge in [0.25, 0.3) is 0 Å². The lowest BCUT2D eigenvalue weighted by atomic mass is 9.98. The molecule has 1 nitrogen and oxygen atoms in total. The summed E-state index contributed by atoms with van der Waals surface area (Å²) in [7, 11) is 0. The SMILES string of the molecule is CCCNC(Cc1ccsc1)c1cc(C)cc(F)c1. The first-order valence-electron chi connectivity index (χ1n) is 6.70. The molecule has 1 atom stereocenters. The average Bonchev–Trinajstić information content (AvgIpc) is 2.86. The molecule has 0 saturated carbocycles. The summed E-state index contributed by atoms with van der Waals surface area (Å²) in [6, 6.07) is 7.61. The van der Waals surface area contributed by atoms with E-state index in [1.165, 1.54) is 5.56 Å². The van der Waals surface area contributed by atoms with Crippen LogP contribution in [0, 0.1) is 12.7 Å². The Hall–Kier alpha value is -1.19. The summed E-state index contributed by atoms with van der Waals surface area (Å²) in [5, 5.41) is 7.76. The van der Waals surface area contributed by atoms with E-state index in [1.807, 2.05) is 6.92 Å². The molecule has 1 aromatic carbocycles. The number of thiophene rings is 1. The third-order valence-electron chi connectivity index (χ3n) is 3.13. The van der Waals surface area contributed by atoms with Crippen LogP contribution in [0.1, 0.15) is 36.1 Å². The van der Waals surface area contributed by atoms with Gasteiger partial charge in [0.2, 0.25) is 0 Å². The normalized spacial score (nSPS) is 12.6. The number of hydrogen-bond acceptors (Lipinski definition) is 2. The van der Waals surface area contributed by atoms with Crippen molar-refractivity contribution in [2.45, 2.75) is 32.7 Å². The Bertz CT molecular complexity index is 487. The minimum absolute atomic E-state index is 0.149. The van der Waals surface area contributed by atoms with Crippen LogP contribution in [0.25, 0.3) is 0 Å². The second-order valence-electron chi connectivity index (χ2n) is 4.90. The minimum Gasteiger partial charge on any atom is -0.310 e. The highest BCUT2D eigenvalue weighted by molar-refractivity contribution is 7.07. The molecule has 0 saturated heterocycles. The molecule has 0 aliphatic carbocycles. The summed E-state index contributed by atoms with van der Waals surface area (Å²) in [6.45, 7) is 5.03. The van der Waals surface area contributed by atoms with E-state index >= 15 is 0 Å². The van der Waals surface area contributed by atoms with Crippen LogP contribution in [0.3, 0.4) is 0 Å². The number of aryl methyl sites for hydroxylation is 1. The molecule has 0 amide bonds. The Kier molecular flexibility index (Phi) is 5.11. The Balaban J connectivity index is 2.20. The van der Waals surface area contributed by atoms with E-state index in [0.717, 1.165) is 30.5 Å². The molecular formula is C16H20FNS. The first kappa shape index (κ1) is 14.2. The highest BCUT2D eigenvalue weighted by Crippen LogP contribution is 2.22. The Morgan fingerprint density at radius 3 is 2.79 bits per heavy atom. The zero-order valence-electron chi connectivity index (χ0n) is 11.4. The maximum Gasteiger partial charge on any atom is 0.123 e. The van der Waals surface area contributed by atoms with Gasteiger partial charge in [0.1, 0.15) is 5.82 Å². The smallest absolute Gasteiger partial charge is 0.123 e. The lowest BCUT2D eigenvalue weighted by Crippen LogP contribution is -2.24. The van der Waals surface area contributed by atoms with Gasteiger partial charge in [-0.25, -0.2) is 4.39 Å². The van der Waals surface area contributed by atoms with Crippen LogP contribution in [0.15, 0.2) is 35.0 Å². The summed E-state index contributed by atoms with van der Waals surface area (Å²) in [5.41, 5.74) is 3.32. The quantitative estimate of drug-likeness (QED) is 0.821. The topological polar surface area (TPSA) is 12.0 Å². The number of nitrogens with one attached hydrogen (secondary N) is 1. The molecule has 0 radical (unpaired) electrons. The molecule has 0 spiro atoms. The number of halogens is 1. The molecule has 1 unspecified atom stereocenters. The molecule has 102 valence electrons. The van der Waals surface area contributed by atoms with Crippen molar-refractivity contribution in [3.8, 4) is 0 Å². The maximum atomic E-state index is 13.6. The predicted octanol–water partition coefficient (Wildman–Crippen LogP) is 4.48. The number of hydrogen-bond donors (Lipinski definition) is 1. The van der Waals surface area contributed by atoms with E-state index in [9.17, 15) is 4.39 Å². The van der Waals surface area contributed by atoms with E-state index < -0.39 is 0 Å².